The first-order valence-corrected chi connectivity index (χ1v) is 7.62. The molecule has 0 bridgehead atoms. The zero-order valence-electron chi connectivity index (χ0n) is 12.3. The van der Waals surface area contributed by atoms with Gasteiger partial charge in [-0.25, -0.2) is 0 Å². The number of halogens is 3. The van der Waals surface area contributed by atoms with Gasteiger partial charge in [-0.15, -0.1) is 0 Å². The fourth-order valence-corrected chi connectivity index (χ4v) is 2.72. The molecule has 2 unspecified atom stereocenters. The molecule has 0 spiro atoms. The molecule has 7 heteroatoms. The van der Waals surface area contributed by atoms with E-state index in [0.29, 0.717) is 25.6 Å². The Morgan fingerprint density at radius 2 is 2.10 bits per heavy atom. The summed E-state index contributed by atoms with van der Waals surface area (Å²) >= 11 is 0. The summed E-state index contributed by atoms with van der Waals surface area (Å²) in [6.07, 6.45) is -1.42. The van der Waals surface area contributed by atoms with Crippen molar-refractivity contribution in [2.24, 2.45) is 5.92 Å². The maximum absolute atomic E-state index is 12.8. The first-order valence-electron chi connectivity index (χ1n) is 7.62. The van der Waals surface area contributed by atoms with Crippen LogP contribution < -0.4 is 5.32 Å². The van der Waals surface area contributed by atoms with Crippen LogP contribution in [0.2, 0.25) is 0 Å². The van der Waals surface area contributed by atoms with E-state index in [1.54, 1.807) is 11.8 Å². The molecule has 0 amide bonds. The minimum absolute atomic E-state index is 0.0221. The number of piperidine rings is 1. The van der Waals surface area contributed by atoms with Crippen LogP contribution in [0.4, 0.5) is 13.2 Å². The summed E-state index contributed by atoms with van der Waals surface area (Å²) in [6, 6.07) is -0.216. The Morgan fingerprint density at radius 3 is 2.67 bits per heavy atom. The van der Waals surface area contributed by atoms with E-state index in [1.807, 2.05) is 0 Å². The van der Waals surface area contributed by atoms with Crippen LogP contribution in [-0.2, 0) is 9.53 Å². The molecule has 1 saturated heterocycles. The van der Waals surface area contributed by atoms with Crippen LogP contribution >= 0.6 is 0 Å². The Morgan fingerprint density at radius 1 is 1.38 bits per heavy atom. The molecule has 0 aromatic carbocycles. The minimum atomic E-state index is -4.15. The van der Waals surface area contributed by atoms with Gasteiger partial charge in [0, 0.05) is 19.1 Å². The highest BCUT2D eigenvalue weighted by Gasteiger charge is 2.42. The van der Waals surface area contributed by atoms with Crippen molar-refractivity contribution < 1.29 is 22.7 Å². The molecule has 4 nitrogen and oxygen atoms in total. The zero-order chi connectivity index (χ0) is 15.5. The van der Waals surface area contributed by atoms with Gasteiger partial charge in [0.2, 0.25) is 0 Å². The first kappa shape index (κ1) is 16.5. The zero-order valence-corrected chi connectivity index (χ0v) is 12.3. The topological polar surface area (TPSA) is 41.6 Å². The van der Waals surface area contributed by atoms with Gasteiger partial charge in [-0.1, -0.05) is 0 Å². The second-order valence-electron chi connectivity index (χ2n) is 5.89. The molecule has 1 saturated carbocycles. The molecule has 1 heterocycles. The molecule has 0 aromatic rings. The molecule has 2 fully saturated rings. The molecule has 21 heavy (non-hydrogen) atoms. The average molecular weight is 308 g/mol. The summed E-state index contributed by atoms with van der Waals surface area (Å²) in [5.74, 6) is -1.64. The Balaban J connectivity index is 1.90. The Bertz CT molecular complexity index is 359. The third-order valence-electron chi connectivity index (χ3n) is 3.99. The van der Waals surface area contributed by atoms with E-state index in [1.165, 1.54) is 0 Å². The maximum Gasteiger partial charge on any atom is 0.393 e. The van der Waals surface area contributed by atoms with Gasteiger partial charge in [0.25, 0.3) is 0 Å². The number of alkyl halides is 3. The van der Waals surface area contributed by atoms with Gasteiger partial charge in [0.15, 0.2) is 0 Å². The predicted octanol–water partition coefficient (Wildman–Crippen LogP) is 1.94. The number of carbonyl (C=O) groups excluding carboxylic acids is 1. The smallest absolute Gasteiger partial charge is 0.393 e. The van der Waals surface area contributed by atoms with E-state index in [4.69, 9.17) is 4.74 Å². The number of nitrogens with zero attached hydrogens (tertiary/aromatic N) is 1. The fraction of sp³-hybridized carbons (Fsp3) is 0.929. The summed E-state index contributed by atoms with van der Waals surface area (Å²) in [4.78, 5) is 13.7. The molecule has 122 valence electrons. The van der Waals surface area contributed by atoms with Crippen molar-refractivity contribution in [2.75, 3.05) is 26.2 Å². The molecule has 2 aliphatic rings. The first-order chi connectivity index (χ1) is 9.90. The van der Waals surface area contributed by atoms with Gasteiger partial charge in [0.1, 0.15) is 6.04 Å². The normalized spacial score (nSPS) is 25.6. The molecule has 2 atom stereocenters. The van der Waals surface area contributed by atoms with Crippen molar-refractivity contribution in [1.29, 1.82) is 0 Å². The highest BCUT2D eigenvalue weighted by molar-refractivity contribution is 5.76. The van der Waals surface area contributed by atoms with Crippen LogP contribution in [0.25, 0.3) is 0 Å². The molecule has 1 aliphatic heterocycles. The highest BCUT2D eigenvalue weighted by atomic mass is 19.4. The summed E-state index contributed by atoms with van der Waals surface area (Å²) < 4.78 is 43.5. The molecular weight excluding hydrogens is 285 g/mol. The number of likely N-dealkylation sites (tertiary alicyclic amines) is 1. The maximum atomic E-state index is 12.8. The third kappa shape index (κ3) is 5.14. The van der Waals surface area contributed by atoms with Gasteiger partial charge in [0.05, 0.1) is 12.5 Å². The average Bonchev–Trinajstić information content (AvgIpc) is 3.21. The van der Waals surface area contributed by atoms with Gasteiger partial charge < -0.3 is 15.0 Å². The lowest BCUT2D eigenvalue weighted by molar-refractivity contribution is -0.187. The number of esters is 1. The van der Waals surface area contributed by atoms with Gasteiger partial charge >= 0.3 is 12.1 Å². The van der Waals surface area contributed by atoms with Crippen molar-refractivity contribution in [2.45, 2.75) is 50.9 Å². The van der Waals surface area contributed by atoms with Crippen LogP contribution in [-0.4, -0.2) is 55.4 Å². The third-order valence-corrected chi connectivity index (χ3v) is 3.99. The largest absolute Gasteiger partial charge is 0.465 e. The number of hydrogen-bond acceptors (Lipinski definition) is 4. The molecule has 1 aliphatic carbocycles. The lowest BCUT2D eigenvalue weighted by atomic mass is 9.97. The lowest BCUT2D eigenvalue weighted by Gasteiger charge is -2.35. The summed E-state index contributed by atoms with van der Waals surface area (Å²) in [5, 5.41) is 3.18. The standard InChI is InChI=1S/C14H23F3N2O2/c1-2-21-13(20)12(18-11-5-6-11)9-19-7-3-4-10(8-19)14(15,16)17/h10-12,18H,2-9H2,1H3. The van der Waals surface area contributed by atoms with Gasteiger partial charge in [-0.3, -0.25) is 4.79 Å². The Labute approximate surface area is 123 Å². The second-order valence-corrected chi connectivity index (χ2v) is 5.89. The van der Waals surface area contributed by atoms with Crippen LogP contribution in [0.1, 0.15) is 32.6 Å². The number of carbonyl (C=O) groups is 1. The van der Waals surface area contributed by atoms with Gasteiger partial charge in [-0.2, -0.15) is 13.2 Å². The molecule has 2 rings (SSSR count). The monoisotopic (exact) mass is 308 g/mol. The van der Waals surface area contributed by atoms with Gasteiger partial charge in [-0.05, 0) is 39.2 Å². The summed E-state index contributed by atoms with van der Waals surface area (Å²) in [7, 11) is 0. The molecule has 0 aromatic heterocycles. The van der Waals surface area contributed by atoms with E-state index < -0.39 is 18.1 Å². The van der Waals surface area contributed by atoms with E-state index in [2.05, 4.69) is 5.32 Å². The number of hydrogen-bond donors (Lipinski definition) is 1. The molecular formula is C14H23F3N2O2. The predicted molar refractivity (Wildman–Crippen MR) is 71.8 cm³/mol. The molecule has 1 N–H and O–H groups in total. The number of nitrogens with one attached hydrogen (secondary N) is 1. The number of rotatable bonds is 6. The van der Waals surface area contributed by atoms with E-state index in [-0.39, 0.29) is 25.5 Å². The minimum Gasteiger partial charge on any atom is -0.465 e. The van der Waals surface area contributed by atoms with Crippen LogP contribution in [0, 0.1) is 5.92 Å². The Kier molecular flexibility index (Phi) is 5.48. The molecule has 0 radical (unpaired) electrons. The van der Waals surface area contributed by atoms with Crippen molar-refractivity contribution in [3.8, 4) is 0 Å². The fourth-order valence-electron chi connectivity index (χ4n) is 2.72. The second kappa shape index (κ2) is 6.96. The van der Waals surface area contributed by atoms with Crippen molar-refractivity contribution in [3.05, 3.63) is 0 Å². The Hall–Kier alpha value is -0.820. The van der Waals surface area contributed by atoms with Crippen molar-refractivity contribution in [3.63, 3.8) is 0 Å². The highest BCUT2D eigenvalue weighted by Crippen LogP contribution is 2.33. The van der Waals surface area contributed by atoms with Crippen molar-refractivity contribution >= 4 is 5.97 Å². The number of ether oxygens (including phenoxy) is 1. The summed E-state index contributed by atoms with van der Waals surface area (Å²) in [5.41, 5.74) is 0. The SMILES string of the molecule is CCOC(=O)C(CN1CCCC(C(F)(F)F)C1)NC1CC1. The lowest BCUT2D eigenvalue weighted by Crippen LogP contribution is -2.51. The van der Waals surface area contributed by atoms with E-state index in [0.717, 1.165) is 12.8 Å². The van der Waals surface area contributed by atoms with E-state index >= 15 is 0 Å². The van der Waals surface area contributed by atoms with Crippen LogP contribution in [0.15, 0.2) is 0 Å². The van der Waals surface area contributed by atoms with Crippen molar-refractivity contribution in [1.82, 2.24) is 10.2 Å². The van der Waals surface area contributed by atoms with Crippen LogP contribution in [0.3, 0.4) is 0 Å². The van der Waals surface area contributed by atoms with E-state index in [9.17, 15) is 18.0 Å². The van der Waals surface area contributed by atoms with Crippen LogP contribution in [0.5, 0.6) is 0 Å². The quantitative estimate of drug-likeness (QED) is 0.762. The summed E-state index contributed by atoms with van der Waals surface area (Å²) in [6.45, 7) is 2.89.